The van der Waals surface area contributed by atoms with E-state index in [4.69, 9.17) is 5.73 Å². The molecular weight excluding hydrogens is 478 g/mol. The number of nitrogens with zero attached hydrogens (tertiary/aromatic N) is 6. The molecule has 0 aliphatic carbocycles. The Bertz CT molecular complexity index is 1430. The second kappa shape index (κ2) is 9.90. The van der Waals surface area contributed by atoms with Crippen LogP contribution in [-0.4, -0.2) is 55.1 Å². The minimum Gasteiger partial charge on any atom is -0.364 e. The molecule has 4 aromatic rings. The van der Waals surface area contributed by atoms with Crippen molar-refractivity contribution in [3.05, 3.63) is 53.6 Å². The zero-order valence-corrected chi connectivity index (χ0v) is 20.9. The van der Waals surface area contributed by atoms with Crippen LogP contribution in [0.1, 0.15) is 46.3 Å². The fourth-order valence-corrected chi connectivity index (χ4v) is 5.05. The lowest BCUT2D eigenvalue weighted by atomic mass is 10.0. The maximum absolute atomic E-state index is 13.0. The van der Waals surface area contributed by atoms with E-state index >= 15 is 0 Å². The molecule has 1 saturated heterocycles. The fourth-order valence-electron chi connectivity index (χ4n) is 4.39. The number of anilines is 3. The standard InChI is InChI=1S/C24H27N9O2S/c1-3-33-18-7-6-15(10-16(18)11-27-33)24(35)28-17-5-4-8-32(13-17)19-12-26-21(22(25)34)23(29-19)30-20-9-14(2)31-36-20/h6-7,9-12,17H,3-5,8,13H2,1-2H3,(H2,25,34)(H,28,35)(H,29,30)/t17-/m1/s1. The Hall–Kier alpha value is -4.06. The quantitative estimate of drug-likeness (QED) is 0.348. The number of rotatable bonds is 7. The van der Waals surface area contributed by atoms with Gasteiger partial charge in [-0.25, -0.2) is 9.97 Å². The number of benzene rings is 1. The van der Waals surface area contributed by atoms with Crippen molar-refractivity contribution in [3.63, 3.8) is 0 Å². The number of amides is 2. The Morgan fingerprint density at radius 1 is 1.25 bits per heavy atom. The lowest BCUT2D eigenvalue weighted by Crippen LogP contribution is -2.48. The van der Waals surface area contributed by atoms with Crippen LogP contribution in [0.3, 0.4) is 0 Å². The van der Waals surface area contributed by atoms with Crippen molar-refractivity contribution in [1.82, 2.24) is 29.4 Å². The molecule has 11 nitrogen and oxygen atoms in total. The van der Waals surface area contributed by atoms with Crippen LogP contribution in [0.2, 0.25) is 0 Å². The highest BCUT2D eigenvalue weighted by atomic mass is 32.1. The highest BCUT2D eigenvalue weighted by Gasteiger charge is 2.25. The van der Waals surface area contributed by atoms with Crippen LogP contribution in [-0.2, 0) is 6.54 Å². The van der Waals surface area contributed by atoms with Gasteiger partial charge in [0.05, 0.1) is 23.6 Å². The number of nitrogens with two attached hydrogens (primary N) is 1. The lowest BCUT2D eigenvalue weighted by Gasteiger charge is -2.34. The van der Waals surface area contributed by atoms with E-state index in [1.165, 1.54) is 11.5 Å². The first-order valence-corrected chi connectivity index (χ1v) is 12.6. The van der Waals surface area contributed by atoms with Gasteiger partial charge < -0.3 is 21.3 Å². The highest BCUT2D eigenvalue weighted by molar-refractivity contribution is 7.10. The third-order valence-corrected chi connectivity index (χ3v) is 6.94. The zero-order chi connectivity index (χ0) is 25.2. The number of piperidine rings is 1. The number of fused-ring (bicyclic) bond motifs is 1. The average Bonchev–Trinajstić information content (AvgIpc) is 3.48. The van der Waals surface area contributed by atoms with Crippen molar-refractivity contribution in [2.24, 2.45) is 5.73 Å². The number of hydrogen-bond donors (Lipinski definition) is 3. The molecule has 1 aliphatic rings. The third kappa shape index (κ3) is 4.85. The van der Waals surface area contributed by atoms with Crippen LogP contribution in [0.15, 0.2) is 36.7 Å². The Labute approximate surface area is 211 Å². The monoisotopic (exact) mass is 505 g/mol. The second-order valence-electron chi connectivity index (χ2n) is 8.74. The van der Waals surface area contributed by atoms with Crippen LogP contribution < -0.4 is 21.3 Å². The maximum atomic E-state index is 13.0. The van der Waals surface area contributed by atoms with Crippen LogP contribution in [0, 0.1) is 6.92 Å². The molecule has 36 heavy (non-hydrogen) atoms. The van der Waals surface area contributed by atoms with E-state index in [2.05, 4.69) is 35.0 Å². The van der Waals surface area contributed by atoms with Crippen molar-refractivity contribution in [1.29, 1.82) is 0 Å². The van der Waals surface area contributed by atoms with Crippen LogP contribution in [0.5, 0.6) is 0 Å². The van der Waals surface area contributed by atoms with Gasteiger partial charge in [-0.3, -0.25) is 14.3 Å². The average molecular weight is 506 g/mol. The molecular formula is C24H27N9O2S. The van der Waals surface area contributed by atoms with Gasteiger partial charge in [0.1, 0.15) is 10.8 Å². The van der Waals surface area contributed by atoms with Crippen LogP contribution >= 0.6 is 11.5 Å². The molecule has 1 fully saturated rings. The van der Waals surface area contributed by atoms with Gasteiger partial charge in [0.2, 0.25) is 0 Å². The van der Waals surface area contributed by atoms with Crippen molar-refractivity contribution < 1.29 is 9.59 Å². The first-order chi connectivity index (χ1) is 17.4. The van der Waals surface area contributed by atoms with Gasteiger partial charge in [-0.15, -0.1) is 0 Å². The largest absolute Gasteiger partial charge is 0.364 e. The summed E-state index contributed by atoms with van der Waals surface area (Å²) in [5.74, 6) is 0.112. The molecule has 0 bridgehead atoms. The molecule has 4 heterocycles. The molecule has 186 valence electrons. The topological polar surface area (TPSA) is 144 Å². The van der Waals surface area contributed by atoms with Gasteiger partial charge in [0, 0.05) is 36.6 Å². The Kier molecular flexibility index (Phi) is 6.51. The van der Waals surface area contributed by atoms with Crippen LogP contribution in [0.4, 0.5) is 16.6 Å². The summed E-state index contributed by atoms with van der Waals surface area (Å²) in [4.78, 5) is 35.9. The van der Waals surface area contributed by atoms with Gasteiger partial charge in [-0.2, -0.15) is 9.47 Å². The minimum atomic E-state index is -0.664. The van der Waals surface area contributed by atoms with E-state index in [9.17, 15) is 9.59 Å². The van der Waals surface area contributed by atoms with Crippen molar-refractivity contribution >= 4 is 50.9 Å². The van der Waals surface area contributed by atoms with E-state index in [1.54, 1.807) is 12.4 Å². The summed E-state index contributed by atoms with van der Waals surface area (Å²) in [6.45, 7) is 6.03. The molecule has 0 saturated carbocycles. The Morgan fingerprint density at radius 2 is 2.11 bits per heavy atom. The lowest BCUT2D eigenvalue weighted by molar-refractivity contribution is 0.0932. The fraction of sp³-hybridized carbons (Fsp3) is 0.333. The number of aryl methyl sites for hydroxylation is 2. The van der Waals surface area contributed by atoms with E-state index in [0.29, 0.717) is 17.9 Å². The SMILES string of the molecule is CCn1ncc2cc(C(=O)N[C@@H]3CCCN(c4cnc(C(N)=O)c(Nc5cc(C)ns5)n4)C3)ccc21. The molecule has 4 N–H and O–H groups in total. The van der Waals surface area contributed by atoms with E-state index in [0.717, 1.165) is 47.5 Å². The number of hydrogen-bond acceptors (Lipinski definition) is 9. The van der Waals surface area contributed by atoms with Crippen molar-refractivity contribution in [2.75, 3.05) is 23.3 Å². The molecule has 12 heteroatoms. The smallest absolute Gasteiger partial charge is 0.271 e. The summed E-state index contributed by atoms with van der Waals surface area (Å²) >= 11 is 1.27. The zero-order valence-electron chi connectivity index (χ0n) is 20.1. The summed E-state index contributed by atoms with van der Waals surface area (Å²) in [5.41, 5.74) is 8.05. The summed E-state index contributed by atoms with van der Waals surface area (Å²) < 4.78 is 6.15. The molecule has 1 aromatic carbocycles. The Balaban J connectivity index is 1.31. The minimum absolute atomic E-state index is 0.0570. The predicted octanol–water partition coefficient (Wildman–Crippen LogP) is 2.85. The molecule has 3 aromatic heterocycles. The first kappa shape index (κ1) is 23.7. The summed E-state index contributed by atoms with van der Waals surface area (Å²) in [7, 11) is 0. The summed E-state index contributed by atoms with van der Waals surface area (Å²) in [6, 6.07) is 7.44. The molecule has 1 atom stereocenters. The highest BCUT2D eigenvalue weighted by Crippen LogP contribution is 2.26. The van der Waals surface area contributed by atoms with Gasteiger partial charge in [-0.05, 0) is 62.5 Å². The van der Waals surface area contributed by atoms with Gasteiger partial charge in [0.15, 0.2) is 11.5 Å². The number of nitrogens with one attached hydrogen (secondary N) is 2. The van der Waals surface area contributed by atoms with Crippen molar-refractivity contribution in [3.8, 4) is 0 Å². The number of primary amides is 1. The van der Waals surface area contributed by atoms with E-state index in [1.807, 2.05) is 42.8 Å². The molecule has 1 aliphatic heterocycles. The molecule has 0 radical (unpaired) electrons. The van der Waals surface area contributed by atoms with E-state index < -0.39 is 5.91 Å². The van der Waals surface area contributed by atoms with Crippen molar-refractivity contribution in [2.45, 2.75) is 39.3 Å². The number of carbonyl (C=O) groups is 2. The molecule has 2 amide bonds. The van der Waals surface area contributed by atoms with Gasteiger partial charge in [0.25, 0.3) is 11.8 Å². The third-order valence-electron chi connectivity index (χ3n) is 6.15. The normalized spacial score (nSPS) is 15.7. The van der Waals surface area contributed by atoms with E-state index in [-0.39, 0.29) is 23.5 Å². The predicted molar refractivity (Wildman–Crippen MR) is 139 cm³/mol. The van der Waals surface area contributed by atoms with Crippen LogP contribution in [0.25, 0.3) is 10.9 Å². The molecule has 5 rings (SSSR count). The summed E-state index contributed by atoms with van der Waals surface area (Å²) in [5, 5.41) is 12.3. The second-order valence-corrected chi connectivity index (χ2v) is 9.54. The van der Waals surface area contributed by atoms with Gasteiger partial charge >= 0.3 is 0 Å². The number of aromatic nitrogens is 5. The molecule has 0 unspecified atom stereocenters. The maximum Gasteiger partial charge on any atom is 0.271 e. The Morgan fingerprint density at radius 3 is 2.86 bits per heavy atom. The summed E-state index contributed by atoms with van der Waals surface area (Å²) in [6.07, 6.45) is 5.07. The van der Waals surface area contributed by atoms with Gasteiger partial charge in [-0.1, -0.05) is 0 Å². The molecule has 0 spiro atoms. The first-order valence-electron chi connectivity index (χ1n) is 11.8. The number of carbonyl (C=O) groups excluding carboxylic acids is 2.